The fourth-order valence-electron chi connectivity index (χ4n) is 4.37. The molecule has 0 fully saturated rings. The summed E-state index contributed by atoms with van der Waals surface area (Å²) in [5.41, 5.74) is -1.07. The van der Waals surface area contributed by atoms with Crippen LogP contribution in [0.15, 0.2) is 53.4 Å². The number of hydrogen-bond acceptors (Lipinski definition) is 7. The molecule has 10 nitrogen and oxygen atoms in total. The molecule has 0 radical (unpaired) electrons. The molecule has 240 valence electrons. The summed E-state index contributed by atoms with van der Waals surface area (Å²) in [6.07, 6.45) is 12.8. The van der Waals surface area contributed by atoms with Gasteiger partial charge in [-0.3, -0.25) is 4.55 Å². The summed E-state index contributed by atoms with van der Waals surface area (Å²) < 4.78 is 34.8. The Hall–Kier alpha value is -2.40. The van der Waals surface area contributed by atoms with Crippen LogP contribution in [0.4, 0.5) is 0 Å². The Labute approximate surface area is 250 Å². The Morgan fingerprint density at radius 1 is 0.738 bits per heavy atom. The molecule has 0 saturated carbocycles. The second-order valence-corrected chi connectivity index (χ2v) is 15.9. The zero-order chi connectivity index (χ0) is 32.0. The molecule has 0 aromatic heterocycles. The van der Waals surface area contributed by atoms with Crippen molar-refractivity contribution in [3.8, 4) is 0 Å². The van der Waals surface area contributed by atoms with E-state index >= 15 is 0 Å². The third-order valence-electron chi connectivity index (χ3n) is 6.58. The third-order valence-corrected chi connectivity index (χ3v) is 12.9. The van der Waals surface area contributed by atoms with Gasteiger partial charge in [0.1, 0.15) is 0 Å². The van der Waals surface area contributed by atoms with Crippen LogP contribution in [0.25, 0.3) is 0 Å². The van der Waals surface area contributed by atoms with E-state index in [1.165, 1.54) is 57.0 Å². The molecule has 12 heteroatoms. The van der Waals surface area contributed by atoms with Gasteiger partial charge in [-0.1, -0.05) is 0 Å². The van der Waals surface area contributed by atoms with Crippen LogP contribution >= 0.6 is 7.26 Å². The Morgan fingerprint density at radius 3 is 1.45 bits per heavy atom. The van der Waals surface area contributed by atoms with Crippen molar-refractivity contribution in [2.24, 2.45) is 0 Å². The molecule has 0 amide bonds. The Balaban J connectivity index is 0.000000661. The van der Waals surface area contributed by atoms with Crippen LogP contribution in [0.5, 0.6) is 0 Å². The van der Waals surface area contributed by atoms with E-state index in [0.29, 0.717) is 25.3 Å². The zero-order valence-electron chi connectivity index (χ0n) is 25.0. The van der Waals surface area contributed by atoms with Crippen molar-refractivity contribution in [2.45, 2.75) is 64.2 Å². The number of hydrogen-bond donors (Lipinski definition) is 5. The molecule has 0 aliphatic heterocycles. The largest absolute Gasteiger partial charge is 0.478 e. The minimum atomic E-state index is -4.64. The van der Waals surface area contributed by atoms with E-state index in [0.717, 1.165) is 6.07 Å². The molecule has 0 atom stereocenters. The normalized spacial score (nSPS) is 11.5. The maximum Gasteiger partial charge on any atom is 0.335 e. The summed E-state index contributed by atoms with van der Waals surface area (Å²) in [7, 11) is -5.88. The minimum absolute atomic E-state index is 0.0278. The molecular weight excluding hydrogens is 583 g/mol. The average molecular weight is 633 g/mol. The van der Waals surface area contributed by atoms with Gasteiger partial charge in [0.05, 0.1) is 42.4 Å². The van der Waals surface area contributed by atoms with Gasteiger partial charge < -0.3 is 25.2 Å². The fraction of sp³-hybridized carbons (Fsp3) is 0.533. The number of unbranched alkanes of at least 4 members (excludes halogenated alkanes) is 3. The van der Waals surface area contributed by atoms with Crippen molar-refractivity contribution in [3.63, 3.8) is 0 Å². The minimum Gasteiger partial charge on any atom is -0.478 e. The number of benzene rings is 2. The van der Waals surface area contributed by atoms with Crippen molar-refractivity contribution in [3.05, 3.63) is 59.7 Å². The van der Waals surface area contributed by atoms with Crippen LogP contribution in [-0.2, 0) is 14.9 Å². The standard InChI is InChI=1S/C18H33P.C8H6O7S.C4H10O3/c1-4-7-15-19(16-8-5-2,17-9-6-3)18-13-11-10-12-14-18;9-7(10)4-1-5(8(11)12)3-6(2-4)16(13,14)15;5-1-3-7-4-2-6/h10-14,19H,4-9,15-17H2,1-3H3;1-3H,(H,9,10)(H,11,12)(H,13,14,15);5-6H,1-4H2. The van der Waals surface area contributed by atoms with Crippen LogP contribution in [0.2, 0.25) is 0 Å². The molecule has 0 aliphatic carbocycles. The number of aliphatic hydroxyl groups is 2. The maximum atomic E-state index is 10.8. The molecule has 2 rings (SSSR count). The smallest absolute Gasteiger partial charge is 0.335 e. The van der Waals surface area contributed by atoms with Gasteiger partial charge in [0.2, 0.25) is 0 Å². The van der Waals surface area contributed by atoms with E-state index in [2.05, 4.69) is 55.8 Å². The molecular formula is C30H49O10PS. The molecule has 42 heavy (non-hydrogen) atoms. The van der Waals surface area contributed by atoms with Crippen LogP contribution in [0, 0.1) is 0 Å². The second kappa shape index (κ2) is 22.2. The zero-order valence-corrected chi connectivity index (χ0v) is 26.8. The Bertz CT molecular complexity index is 1080. The molecule has 2 aromatic carbocycles. The van der Waals surface area contributed by atoms with Gasteiger partial charge in [-0.05, 0) is 18.2 Å². The van der Waals surface area contributed by atoms with E-state index in [1.807, 2.05) is 0 Å². The molecule has 0 aliphatic rings. The topological polar surface area (TPSA) is 179 Å². The summed E-state index contributed by atoms with van der Waals surface area (Å²) in [5, 5.41) is 35.1. The van der Waals surface area contributed by atoms with E-state index < -0.39 is 45.3 Å². The van der Waals surface area contributed by atoms with Crippen LogP contribution < -0.4 is 5.30 Å². The third kappa shape index (κ3) is 15.7. The number of carboxylic acids is 2. The quantitative estimate of drug-likeness (QED) is 0.0926. The molecule has 0 bridgehead atoms. The van der Waals surface area contributed by atoms with Gasteiger partial charge >= 0.3 is 133 Å². The van der Waals surface area contributed by atoms with Gasteiger partial charge in [-0.15, -0.1) is 0 Å². The van der Waals surface area contributed by atoms with E-state index in [1.54, 1.807) is 5.30 Å². The predicted octanol–water partition coefficient (Wildman–Crippen LogP) is 4.78. The van der Waals surface area contributed by atoms with Gasteiger partial charge in [0, 0.05) is 0 Å². The van der Waals surface area contributed by atoms with Crippen LogP contribution in [0.3, 0.4) is 0 Å². The van der Waals surface area contributed by atoms with Gasteiger partial charge in [0.25, 0.3) is 10.1 Å². The maximum absolute atomic E-state index is 10.8. The van der Waals surface area contributed by atoms with Gasteiger partial charge in [-0.25, -0.2) is 9.59 Å². The number of aromatic carboxylic acids is 2. The number of ether oxygens (including phenoxy) is 1. The van der Waals surface area contributed by atoms with Gasteiger partial charge in [-0.2, -0.15) is 8.42 Å². The predicted molar refractivity (Wildman–Crippen MR) is 169 cm³/mol. The van der Waals surface area contributed by atoms with Crippen molar-refractivity contribution >= 4 is 34.6 Å². The SMILES string of the molecule is CCCC[PH](CCCC)(CCCC)c1ccccc1.O=C(O)c1cc(C(=O)O)cc(S(=O)(=O)O)c1.OCCOCCO. The van der Waals surface area contributed by atoms with E-state index in [-0.39, 0.29) is 13.2 Å². The summed E-state index contributed by atoms with van der Waals surface area (Å²) in [4.78, 5) is 20.4. The summed E-state index contributed by atoms with van der Waals surface area (Å²) in [6.45, 7) is 7.71. The molecule has 2 aromatic rings. The second-order valence-electron chi connectivity index (χ2n) is 9.85. The number of rotatable bonds is 17. The Kier molecular flexibility index (Phi) is 20.9. The first kappa shape index (κ1) is 39.6. The molecule has 5 N–H and O–H groups in total. The summed E-state index contributed by atoms with van der Waals surface area (Å²) in [6, 6.07) is 13.7. The molecule has 0 saturated heterocycles. The number of aliphatic hydroxyl groups excluding tert-OH is 2. The summed E-state index contributed by atoms with van der Waals surface area (Å²) in [5.74, 6) is -2.99. The first-order chi connectivity index (χ1) is 19.9. The number of carbonyl (C=O) groups is 2. The first-order valence-electron chi connectivity index (χ1n) is 14.4. The Morgan fingerprint density at radius 2 is 1.14 bits per heavy atom. The first-order valence-corrected chi connectivity index (χ1v) is 18.4. The van der Waals surface area contributed by atoms with Crippen molar-refractivity contribution in [2.75, 3.05) is 44.9 Å². The van der Waals surface area contributed by atoms with Crippen molar-refractivity contribution in [1.82, 2.24) is 0 Å². The molecule has 0 unspecified atom stereocenters. The fourth-order valence-corrected chi connectivity index (χ4v) is 10.5. The average Bonchev–Trinajstić information content (AvgIpc) is 2.97. The monoisotopic (exact) mass is 632 g/mol. The molecule has 0 heterocycles. The van der Waals surface area contributed by atoms with Crippen molar-refractivity contribution < 1.29 is 47.7 Å². The van der Waals surface area contributed by atoms with E-state index in [9.17, 15) is 18.0 Å². The van der Waals surface area contributed by atoms with E-state index in [4.69, 9.17) is 25.0 Å². The molecule has 0 spiro atoms. The van der Waals surface area contributed by atoms with Crippen molar-refractivity contribution in [1.29, 1.82) is 0 Å². The van der Waals surface area contributed by atoms with Crippen LogP contribution in [-0.4, -0.2) is 90.2 Å². The van der Waals surface area contributed by atoms with Crippen LogP contribution in [0.1, 0.15) is 80.0 Å². The number of carboxylic acid groups (broad SMARTS) is 2. The van der Waals surface area contributed by atoms with Gasteiger partial charge in [0.15, 0.2) is 0 Å². The summed E-state index contributed by atoms with van der Waals surface area (Å²) >= 11 is 0.